The van der Waals surface area contributed by atoms with Gasteiger partial charge >= 0.3 is 0 Å². The number of nitrogens with zero attached hydrogens (tertiary/aromatic N) is 1. The zero-order valence-corrected chi connectivity index (χ0v) is 11.2. The first-order chi connectivity index (χ1) is 7.86. The number of hydrogen-bond acceptors (Lipinski definition) is 3. The van der Waals surface area contributed by atoms with Gasteiger partial charge in [0, 0.05) is 10.7 Å². The van der Waals surface area contributed by atoms with Gasteiger partial charge < -0.3 is 0 Å². The molecule has 0 bridgehead atoms. The third-order valence-electron chi connectivity index (χ3n) is 1.64. The van der Waals surface area contributed by atoms with Crippen molar-refractivity contribution in [3.05, 3.63) is 38.7 Å². The predicted molar refractivity (Wildman–Crippen MR) is 68.3 cm³/mol. The van der Waals surface area contributed by atoms with Crippen molar-refractivity contribution >= 4 is 50.5 Å². The Kier molecular flexibility index (Phi) is 4.66. The molecule has 0 aromatic heterocycles. The van der Waals surface area contributed by atoms with Crippen LogP contribution in [0.3, 0.4) is 0 Å². The molecular weight excluding hydrogens is 307 g/mol. The van der Waals surface area contributed by atoms with E-state index in [2.05, 4.69) is 4.72 Å². The van der Waals surface area contributed by atoms with Gasteiger partial charge in [0.05, 0.1) is 0 Å². The highest BCUT2D eigenvalue weighted by atomic mass is 35.5. The van der Waals surface area contributed by atoms with Crippen molar-refractivity contribution < 1.29 is 8.42 Å². The molecule has 0 aliphatic rings. The van der Waals surface area contributed by atoms with Crippen molar-refractivity contribution in [2.45, 2.75) is 0 Å². The summed E-state index contributed by atoms with van der Waals surface area (Å²) in [6, 6.07) is 7.29. The van der Waals surface area contributed by atoms with Crippen LogP contribution in [0.25, 0.3) is 0 Å². The lowest BCUT2D eigenvalue weighted by Gasteiger charge is -2.06. The first-order valence-electron chi connectivity index (χ1n) is 4.10. The largest absolute Gasteiger partial charge is 0.279 e. The number of sulfonamides is 1. The quantitative estimate of drug-likeness (QED) is 0.871. The van der Waals surface area contributed by atoms with E-state index >= 15 is 0 Å². The van der Waals surface area contributed by atoms with Crippen molar-refractivity contribution in [3.8, 4) is 6.07 Å². The Balaban J connectivity index is 3.08. The van der Waals surface area contributed by atoms with Crippen molar-refractivity contribution in [2.75, 3.05) is 4.72 Å². The summed E-state index contributed by atoms with van der Waals surface area (Å²) < 4.78 is 24.9. The second kappa shape index (κ2) is 5.61. The van der Waals surface area contributed by atoms with E-state index in [1.165, 1.54) is 30.3 Å². The van der Waals surface area contributed by atoms with Crippen LogP contribution in [0.2, 0.25) is 5.02 Å². The predicted octanol–water partition coefficient (Wildman–Crippen LogP) is 3.25. The summed E-state index contributed by atoms with van der Waals surface area (Å²) in [6.45, 7) is 0. The van der Waals surface area contributed by atoms with Crippen LogP contribution in [0.1, 0.15) is 0 Å². The minimum atomic E-state index is -4.08. The number of rotatable bonds is 3. The van der Waals surface area contributed by atoms with E-state index in [-0.39, 0.29) is 5.69 Å². The van der Waals surface area contributed by atoms with Crippen molar-refractivity contribution in [1.29, 1.82) is 5.26 Å². The first-order valence-corrected chi connectivity index (χ1v) is 6.72. The van der Waals surface area contributed by atoms with E-state index in [9.17, 15) is 8.42 Å². The number of hydrogen-bond donors (Lipinski definition) is 1. The summed E-state index contributed by atoms with van der Waals surface area (Å²) in [5.41, 5.74) is 0.247. The van der Waals surface area contributed by atoms with Crippen LogP contribution < -0.4 is 4.72 Å². The van der Waals surface area contributed by atoms with E-state index in [0.717, 1.165) is 0 Å². The van der Waals surface area contributed by atoms with Crippen LogP contribution in [0.5, 0.6) is 0 Å². The molecule has 8 heteroatoms. The number of halogens is 3. The normalized spacial score (nSPS) is 10.5. The topological polar surface area (TPSA) is 70.0 Å². The Bertz CT molecular complexity index is 584. The van der Waals surface area contributed by atoms with Crippen molar-refractivity contribution in [2.24, 2.45) is 0 Å². The summed E-state index contributed by atoms with van der Waals surface area (Å²) in [6.07, 6.45) is 0. The summed E-state index contributed by atoms with van der Waals surface area (Å²) in [7, 11) is -4.08. The van der Waals surface area contributed by atoms with E-state index in [1.807, 2.05) is 0 Å². The minimum Gasteiger partial charge on any atom is -0.279 e. The molecule has 1 aromatic rings. The number of benzene rings is 1. The molecule has 4 nitrogen and oxygen atoms in total. The Morgan fingerprint density at radius 1 is 1.24 bits per heavy atom. The Morgan fingerprint density at radius 2 is 1.76 bits per heavy atom. The van der Waals surface area contributed by atoms with Crippen molar-refractivity contribution in [1.82, 2.24) is 0 Å². The van der Waals surface area contributed by atoms with Gasteiger partial charge in [0.25, 0.3) is 10.0 Å². The Morgan fingerprint density at radius 3 is 2.18 bits per heavy atom. The molecular formula is C9H5Cl3N2O2S. The fourth-order valence-corrected chi connectivity index (χ4v) is 2.62. The molecule has 0 saturated heterocycles. The molecule has 0 radical (unpaired) electrons. The molecule has 1 aromatic carbocycles. The smallest absolute Gasteiger partial charge is 0.274 e. The van der Waals surface area contributed by atoms with Gasteiger partial charge in [-0.25, -0.2) is 8.42 Å². The number of anilines is 1. The summed E-state index contributed by atoms with van der Waals surface area (Å²) in [5, 5.41) is 9.09. The van der Waals surface area contributed by atoms with Gasteiger partial charge in [-0.1, -0.05) is 34.8 Å². The van der Waals surface area contributed by atoms with Crippen LogP contribution in [0, 0.1) is 11.3 Å². The van der Waals surface area contributed by atoms with Gasteiger partial charge in [-0.05, 0) is 24.3 Å². The second-order valence-electron chi connectivity index (χ2n) is 2.81. The molecule has 0 heterocycles. The highest BCUT2D eigenvalue weighted by Gasteiger charge is 2.21. The third-order valence-corrected chi connectivity index (χ3v) is 3.83. The third kappa shape index (κ3) is 3.79. The van der Waals surface area contributed by atoms with Crippen molar-refractivity contribution in [3.63, 3.8) is 0 Å². The maximum absolute atomic E-state index is 11.7. The lowest BCUT2D eigenvalue weighted by Crippen LogP contribution is -2.14. The van der Waals surface area contributed by atoms with Gasteiger partial charge in [-0.15, -0.1) is 0 Å². The number of nitrogens with one attached hydrogen (secondary N) is 1. The number of nitriles is 1. The summed E-state index contributed by atoms with van der Waals surface area (Å²) in [5.74, 6) is 0. The first kappa shape index (κ1) is 14.1. The van der Waals surface area contributed by atoms with E-state index < -0.39 is 19.4 Å². The maximum atomic E-state index is 11.7. The zero-order chi connectivity index (χ0) is 13.1. The van der Waals surface area contributed by atoms with Gasteiger partial charge in [0.2, 0.25) is 0 Å². The SMILES string of the molecule is N#CC(=C(Cl)Cl)S(=O)(=O)Nc1ccc(Cl)cc1. The van der Waals surface area contributed by atoms with E-state index in [4.69, 9.17) is 40.1 Å². The molecule has 0 unspecified atom stereocenters. The maximum Gasteiger partial charge on any atom is 0.274 e. The van der Waals surface area contributed by atoms with E-state index in [0.29, 0.717) is 5.02 Å². The van der Waals surface area contributed by atoms with Gasteiger partial charge in [0.1, 0.15) is 10.6 Å². The monoisotopic (exact) mass is 310 g/mol. The van der Waals surface area contributed by atoms with Crippen LogP contribution in [-0.4, -0.2) is 8.42 Å². The Labute approximate surface area is 113 Å². The molecule has 1 rings (SSSR count). The molecule has 0 saturated carbocycles. The summed E-state index contributed by atoms with van der Waals surface area (Å²) >= 11 is 16.2. The lowest BCUT2D eigenvalue weighted by atomic mass is 10.3. The molecule has 17 heavy (non-hydrogen) atoms. The van der Waals surface area contributed by atoms with E-state index in [1.54, 1.807) is 0 Å². The molecule has 0 fully saturated rings. The van der Waals surface area contributed by atoms with Crippen LogP contribution in [0.4, 0.5) is 5.69 Å². The lowest BCUT2D eigenvalue weighted by molar-refractivity contribution is 0.608. The standard InChI is InChI=1S/C9H5Cl3N2O2S/c10-6-1-3-7(4-2-6)14-17(15,16)8(5-13)9(11)12/h1-4,14H. The molecule has 0 amide bonds. The van der Waals surface area contributed by atoms with Crippen LogP contribution in [0.15, 0.2) is 33.7 Å². The summed E-state index contributed by atoms with van der Waals surface area (Å²) in [4.78, 5) is -0.740. The minimum absolute atomic E-state index is 0.247. The average molecular weight is 312 g/mol. The second-order valence-corrected chi connectivity index (χ2v) is 5.82. The van der Waals surface area contributed by atoms with Crippen LogP contribution >= 0.6 is 34.8 Å². The molecule has 0 spiro atoms. The molecule has 90 valence electrons. The van der Waals surface area contributed by atoms with Gasteiger partial charge in [-0.2, -0.15) is 5.26 Å². The fraction of sp³-hybridized carbons (Fsp3) is 0. The highest BCUT2D eigenvalue weighted by Crippen LogP contribution is 2.22. The van der Waals surface area contributed by atoms with Gasteiger partial charge in [0.15, 0.2) is 4.91 Å². The fourth-order valence-electron chi connectivity index (χ4n) is 0.928. The molecule has 1 N–H and O–H groups in total. The highest BCUT2D eigenvalue weighted by molar-refractivity contribution is 7.96. The van der Waals surface area contributed by atoms with Crippen LogP contribution in [-0.2, 0) is 10.0 Å². The average Bonchev–Trinajstić information content (AvgIpc) is 2.21. The Hall–Kier alpha value is -0.930. The number of allylic oxidation sites excluding steroid dienone is 1. The molecule has 0 atom stereocenters. The molecule has 0 aliphatic carbocycles. The van der Waals surface area contributed by atoms with Gasteiger partial charge in [-0.3, -0.25) is 4.72 Å². The zero-order valence-electron chi connectivity index (χ0n) is 8.12. The molecule has 0 aliphatic heterocycles.